The summed E-state index contributed by atoms with van der Waals surface area (Å²) in [6.45, 7) is 3.39. The van der Waals surface area contributed by atoms with E-state index in [1.165, 1.54) is 43.4 Å². The van der Waals surface area contributed by atoms with Gasteiger partial charge in [-0.05, 0) is 49.2 Å². The highest BCUT2D eigenvalue weighted by atomic mass is 35.5. The van der Waals surface area contributed by atoms with Crippen molar-refractivity contribution in [1.82, 2.24) is 10.2 Å². The molecule has 0 aliphatic heterocycles. The Morgan fingerprint density at radius 2 is 1.60 bits per heavy atom. The van der Waals surface area contributed by atoms with E-state index in [0.29, 0.717) is 28.6 Å². The topological polar surface area (TPSA) is 105 Å². The smallest absolute Gasteiger partial charge is 0.264 e. The van der Waals surface area contributed by atoms with Gasteiger partial charge in [-0.3, -0.25) is 13.9 Å². The largest absolute Gasteiger partial charge is 0.493 e. The van der Waals surface area contributed by atoms with E-state index in [0.717, 1.165) is 10.7 Å². The molecule has 1 atom stereocenters. The van der Waals surface area contributed by atoms with Crippen molar-refractivity contribution in [2.24, 2.45) is 0 Å². The summed E-state index contributed by atoms with van der Waals surface area (Å²) in [4.78, 5) is 28.2. The van der Waals surface area contributed by atoms with E-state index in [-0.39, 0.29) is 23.0 Å². The summed E-state index contributed by atoms with van der Waals surface area (Å²) in [5, 5.41) is 3.23. The first-order valence-corrected chi connectivity index (χ1v) is 14.6. The molecule has 0 saturated carbocycles. The molecule has 0 saturated heterocycles. The van der Waals surface area contributed by atoms with Crippen LogP contribution in [-0.4, -0.2) is 58.5 Å². The van der Waals surface area contributed by atoms with Crippen LogP contribution in [0.3, 0.4) is 0 Å². The molecule has 0 fully saturated rings. The Bertz CT molecular complexity index is 1420. The van der Waals surface area contributed by atoms with E-state index in [2.05, 4.69) is 5.32 Å². The summed E-state index contributed by atoms with van der Waals surface area (Å²) in [6.07, 6.45) is 0.722. The lowest BCUT2D eigenvalue weighted by atomic mass is 10.1. The van der Waals surface area contributed by atoms with Gasteiger partial charge in [-0.1, -0.05) is 54.9 Å². The minimum atomic E-state index is -4.21. The first-order valence-electron chi connectivity index (χ1n) is 12.7. The predicted molar refractivity (Wildman–Crippen MR) is 155 cm³/mol. The second kappa shape index (κ2) is 14.0. The molecule has 3 rings (SSSR count). The normalized spacial score (nSPS) is 11.8. The van der Waals surface area contributed by atoms with Crippen molar-refractivity contribution in [3.63, 3.8) is 0 Å². The van der Waals surface area contributed by atoms with Crippen molar-refractivity contribution in [1.29, 1.82) is 0 Å². The maximum absolute atomic E-state index is 14.0. The van der Waals surface area contributed by atoms with Gasteiger partial charge < -0.3 is 19.7 Å². The molecular formula is C29H34ClN3O6S. The third-order valence-corrected chi connectivity index (χ3v) is 8.44. The third-order valence-electron chi connectivity index (χ3n) is 6.28. The first kappa shape index (κ1) is 30.8. The molecule has 40 heavy (non-hydrogen) atoms. The van der Waals surface area contributed by atoms with Gasteiger partial charge in [-0.25, -0.2) is 8.42 Å². The van der Waals surface area contributed by atoms with E-state index in [1.54, 1.807) is 55.5 Å². The SMILES string of the molecule is CCCNC(=O)[C@@H](C)N(Cc1ccccc1Cl)C(=O)CN(c1ccc(OC)c(OC)c1)S(=O)(=O)c1ccccc1. The molecule has 2 amide bonds. The number of nitrogens with one attached hydrogen (secondary N) is 1. The maximum Gasteiger partial charge on any atom is 0.264 e. The molecule has 0 aliphatic carbocycles. The molecule has 1 N–H and O–H groups in total. The molecule has 0 unspecified atom stereocenters. The zero-order valence-electron chi connectivity index (χ0n) is 23.0. The number of hydrogen-bond donors (Lipinski definition) is 1. The number of ether oxygens (including phenoxy) is 2. The average molecular weight is 588 g/mol. The number of sulfonamides is 1. The zero-order chi connectivity index (χ0) is 29.3. The van der Waals surface area contributed by atoms with Gasteiger partial charge in [0.05, 0.1) is 24.8 Å². The number of hydrogen-bond acceptors (Lipinski definition) is 6. The summed E-state index contributed by atoms with van der Waals surface area (Å²) in [5.41, 5.74) is 0.812. The quantitative estimate of drug-likeness (QED) is 0.316. The van der Waals surface area contributed by atoms with Gasteiger partial charge in [0.1, 0.15) is 12.6 Å². The fourth-order valence-electron chi connectivity index (χ4n) is 4.02. The Kier molecular flexibility index (Phi) is 10.8. The summed E-state index contributed by atoms with van der Waals surface area (Å²) in [5.74, 6) is -0.253. The van der Waals surface area contributed by atoms with Gasteiger partial charge in [-0.15, -0.1) is 0 Å². The van der Waals surface area contributed by atoms with Crippen LogP contribution >= 0.6 is 11.6 Å². The van der Waals surface area contributed by atoms with Gasteiger partial charge >= 0.3 is 0 Å². The van der Waals surface area contributed by atoms with Gasteiger partial charge in [0.15, 0.2) is 11.5 Å². The average Bonchev–Trinajstić information content (AvgIpc) is 2.97. The van der Waals surface area contributed by atoms with E-state index >= 15 is 0 Å². The molecule has 9 nitrogen and oxygen atoms in total. The predicted octanol–water partition coefficient (Wildman–Crippen LogP) is 4.50. The minimum Gasteiger partial charge on any atom is -0.493 e. The Morgan fingerprint density at radius 3 is 2.23 bits per heavy atom. The molecule has 0 bridgehead atoms. The van der Waals surface area contributed by atoms with Crippen LogP contribution in [0.2, 0.25) is 5.02 Å². The molecule has 3 aromatic carbocycles. The second-order valence-electron chi connectivity index (χ2n) is 8.94. The Hall–Kier alpha value is -3.76. The zero-order valence-corrected chi connectivity index (χ0v) is 24.5. The number of rotatable bonds is 13. The van der Waals surface area contributed by atoms with Gasteiger partial charge in [0.25, 0.3) is 10.0 Å². The van der Waals surface area contributed by atoms with Crippen LogP contribution in [0.4, 0.5) is 5.69 Å². The van der Waals surface area contributed by atoms with Gasteiger partial charge in [-0.2, -0.15) is 0 Å². The molecular weight excluding hydrogens is 554 g/mol. The van der Waals surface area contributed by atoms with Crippen molar-refractivity contribution in [3.05, 3.63) is 83.4 Å². The van der Waals surface area contributed by atoms with E-state index in [1.807, 2.05) is 6.92 Å². The lowest BCUT2D eigenvalue weighted by Gasteiger charge is -2.32. The van der Waals surface area contributed by atoms with Crippen LogP contribution in [0.1, 0.15) is 25.8 Å². The number of anilines is 1. The van der Waals surface area contributed by atoms with Crippen LogP contribution in [0.15, 0.2) is 77.7 Å². The van der Waals surface area contributed by atoms with Crippen molar-refractivity contribution in [2.75, 3.05) is 31.6 Å². The number of amides is 2. The molecule has 0 spiro atoms. The molecule has 11 heteroatoms. The summed E-state index contributed by atoms with van der Waals surface area (Å²) in [6, 6.07) is 18.5. The standard InChI is InChI=1S/C29H34ClN3O6S/c1-5-17-31-29(35)21(2)32(19-22-11-9-10-14-25(22)30)28(34)20-33(40(36,37)24-12-7-6-8-13-24)23-15-16-26(38-3)27(18-23)39-4/h6-16,18,21H,5,17,19-20H2,1-4H3,(H,31,35)/t21-/m1/s1. The first-order chi connectivity index (χ1) is 19.1. The number of carbonyl (C=O) groups excluding carboxylic acids is 2. The minimum absolute atomic E-state index is 0.00368. The summed E-state index contributed by atoms with van der Waals surface area (Å²) in [7, 11) is -1.30. The highest BCUT2D eigenvalue weighted by Crippen LogP contribution is 2.34. The van der Waals surface area contributed by atoms with Crippen molar-refractivity contribution >= 4 is 39.1 Å². The monoisotopic (exact) mass is 587 g/mol. The van der Waals surface area contributed by atoms with Crippen LogP contribution in [-0.2, 0) is 26.2 Å². The van der Waals surface area contributed by atoms with Crippen LogP contribution < -0.4 is 19.1 Å². The van der Waals surface area contributed by atoms with E-state index in [4.69, 9.17) is 21.1 Å². The third kappa shape index (κ3) is 7.25. The molecule has 0 aromatic heterocycles. The van der Waals surface area contributed by atoms with Crippen molar-refractivity contribution < 1.29 is 27.5 Å². The highest BCUT2D eigenvalue weighted by Gasteiger charge is 2.33. The lowest BCUT2D eigenvalue weighted by molar-refractivity contribution is -0.139. The van der Waals surface area contributed by atoms with Crippen molar-refractivity contribution in [2.45, 2.75) is 37.8 Å². The summed E-state index contributed by atoms with van der Waals surface area (Å²) >= 11 is 6.39. The Balaban J connectivity index is 2.07. The van der Waals surface area contributed by atoms with Crippen molar-refractivity contribution in [3.8, 4) is 11.5 Å². The van der Waals surface area contributed by atoms with Crippen LogP contribution in [0.5, 0.6) is 11.5 Å². The van der Waals surface area contributed by atoms with Gasteiger partial charge in [0.2, 0.25) is 11.8 Å². The van der Waals surface area contributed by atoms with E-state index < -0.39 is 28.5 Å². The fraction of sp³-hybridized carbons (Fsp3) is 0.310. The molecule has 3 aromatic rings. The number of carbonyl (C=O) groups is 2. The molecule has 0 radical (unpaired) electrons. The highest BCUT2D eigenvalue weighted by molar-refractivity contribution is 7.92. The van der Waals surface area contributed by atoms with Crippen LogP contribution in [0.25, 0.3) is 0 Å². The van der Waals surface area contributed by atoms with Crippen LogP contribution in [0, 0.1) is 0 Å². The summed E-state index contributed by atoms with van der Waals surface area (Å²) < 4.78 is 39.5. The molecule has 214 valence electrons. The Morgan fingerprint density at radius 1 is 0.950 bits per heavy atom. The lowest BCUT2D eigenvalue weighted by Crippen LogP contribution is -2.51. The number of methoxy groups -OCH3 is 2. The molecule has 0 aliphatic rings. The fourth-order valence-corrected chi connectivity index (χ4v) is 5.64. The molecule has 0 heterocycles. The number of benzene rings is 3. The maximum atomic E-state index is 14.0. The number of nitrogens with zero attached hydrogens (tertiary/aromatic N) is 2. The second-order valence-corrected chi connectivity index (χ2v) is 11.2. The van der Waals surface area contributed by atoms with E-state index in [9.17, 15) is 18.0 Å². The van der Waals surface area contributed by atoms with Gasteiger partial charge in [0, 0.05) is 24.2 Å². The number of halogens is 1. The Labute approximate surface area is 240 Å².